The fourth-order valence-electron chi connectivity index (χ4n) is 1.78. The van der Waals surface area contributed by atoms with Crippen molar-refractivity contribution in [3.05, 3.63) is 30.1 Å². The van der Waals surface area contributed by atoms with Crippen LogP contribution in [-0.4, -0.2) is 51.4 Å². The van der Waals surface area contributed by atoms with E-state index in [1.807, 2.05) is 10.8 Å². The molecular weight excluding hydrogens is 353 g/mol. The molecule has 0 fully saturated rings. The molecule has 0 saturated heterocycles. The van der Waals surface area contributed by atoms with Crippen molar-refractivity contribution in [1.82, 2.24) is 9.62 Å². The molecule has 1 N–H and O–H groups in total. The quantitative estimate of drug-likeness (QED) is 0.662. The lowest BCUT2D eigenvalue weighted by molar-refractivity contribution is -0.157. The average Bonchev–Trinajstić information content (AvgIpc) is 2.57. The van der Waals surface area contributed by atoms with Gasteiger partial charge in [0.25, 0.3) is 5.91 Å². The molecule has 0 heterocycles. The first-order valence-electron chi connectivity index (χ1n) is 7.24. The van der Waals surface area contributed by atoms with Crippen LogP contribution in [0.15, 0.2) is 29.2 Å². The monoisotopic (exact) mass is 371 g/mol. The molecule has 0 aliphatic carbocycles. The summed E-state index contributed by atoms with van der Waals surface area (Å²) in [6, 6.07) is 5.95. The molecule has 1 aromatic rings. The summed E-state index contributed by atoms with van der Waals surface area (Å²) < 4.78 is 43.6. The Morgan fingerprint density at radius 2 is 1.96 bits per heavy atom. The second-order valence-corrected chi connectivity index (χ2v) is 6.85. The van der Waals surface area contributed by atoms with E-state index in [-0.39, 0.29) is 17.9 Å². The highest BCUT2D eigenvalue weighted by Crippen LogP contribution is 2.09. The van der Waals surface area contributed by atoms with Gasteiger partial charge in [0.05, 0.1) is 17.4 Å². The van der Waals surface area contributed by atoms with Gasteiger partial charge in [0.15, 0.2) is 6.10 Å². The van der Waals surface area contributed by atoms with Crippen molar-refractivity contribution in [2.24, 2.45) is 0 Å². The Balaban J connectivity index is 2.55. The number of ether oxygens (including phenoxy) is 1. The predicted molar refractivity (Wildman–Crippen MR) is 85.0 cm³/mol. The third-order valence-corrected chi connectivity index (χ3v) is 4.54. The first kappa shape index (κ1) is 20.5. The number of amides is 1. The number of nitrogens with zero attached hydrogens (tertiary/aromatic N) is 2. The lowest BCUT2D eigenvalue weighted by atomic mass is 10.3. The van der Waals surface area contributed by atoms with E-state index in [0.29, 0.717) is 0 Å². The summed E-state index contributed by atoms with van der Waals surface area (Å²) in [5, 5.41) is 8.48. The van der Waals surface area contributed by atoms with Gasteiger partial charge < -0.3 is 9.64 Å². The van der Waals surface area contributed by atoms with Gasteiger partial charge in [-0.2, -0.15) is 9.98 Å². The minimum Gasteiger partial charge on any atom is -0.452 e. The second kappa shape index (κ2) is 9.10. The van der Waals surface area contributed by atoms with Gasteiger partial charge >= 0.3 is 5.97 Å². The molecule has 0 radical (unpaired) electrons. The summed E-state index contributed by atoms with van der Waals surface area (Å²) in [6.07, 6.45) is -0.980. The van der Waals surface area contributed by atoms with Gasteiger partial charge in [-0.15, -0.1) is 0 Å². The maximum Gasteiger partial charge on any atom is 0.321 e. The number of esters is 1. The van der Waals surface area contributed by atoms with E-state index in [9.17, 15) is 22.4 Å². The van der Waals surface area contributed by atoms with Crippen molar-refractivity contribution in [3.8, 4) is 6.07 Å². The van der Waals surface area contributed by atoms with Crippen molar-refractivity contribution in [2.45, 2.75) is 24.3 Å². The highest BCUT2D eigenvalue weighted by atomic mass is 32.2. The van der Waals surface area contributed by atoms with Crippen LogP contribution in [0.2, 0.25) is 0 Å². The summed E-state index contributed by atoms with van der Waals surface area (Å²) in [5.41, 5.74) is 0. The normalized spacial score (nSPS) is 12.1. The number of carbonyl (C=O) groups is 2. The molecule has 0 aliphatic rings. The summed E-state index contributed by atoms with van der Waals surface area (Å²) in [5.74, 6) is -2.04. The number of nitriles is 1. The number of sulfonamides is 1. The SMILES string of the molecule is C[C@@H](OC(=O)CNS(=O)(=O)c1ccc(F)cc1)C(=O)N(C)CCC#N. The highest BCUT2D eigenvalue weighted by molar-refractivity contribution is 7.89. The summed E-state index contributed by atoms with van der Waals surface area (Å²) in [7, 11) is -2.55. The molecule has 10 heteroatoms. The van der Waals surface area contributed by atoms with E-state index < -0.39 is 40.4 Å². The molecule has 0 saturated carbocycles. The number of carbonyl (C=O) groups excluding carboxylic acids is 2. The second-order valence-electron chi connectivity index (χ2n) is 5.08. The Kier molecular flexibility index (Phi) is 7.47. The Bertz CT molecular complexity index is 758. The smallest absolute Gasteiger partial charge is 0.321 e. The minimum atomic E-state index is -4.01. The van der Waals surface area contributed by atoms with E-state index >= 15 is 0 Å². The van der Waals surface area contributed by atoms with Gasteiger partial charge in [-0.05, 0) is 31.2 Å². The maximum atomic E-state index is 12.8. The Hall–Kier alpha value is -2.51. The molecule has 1 atom stereocenters. The van der Waals surface area contributed by atoms with Crippen LogP contribution < -0.4 is 4.72 Å². The van der Waals surface area contributed by atoms with Crippen LogP contribution in [0.3, 0.4) is 0 Å². The van der Waals surface area contributed by atoms with E-state index in [4.69, 9.17) is 10.00 Å². The Labute approximate surface area is 145 Å². The number of benzene rings is 1. The minimum absolute atomic E-state index is 0.139. The number of nitrogens with one attached hydrogen (secondary N) is 1. The van der Waals surface area contributed by atoms with Crippen molar-refractivity contribution in [1.29, 1.82) is 5.26 Å². The van der Waals surface area contributed by atoms with Crippen LogP contribution in [0.25, 0.3) is 0 Å². The molecule has 1 amide bonds. The summed E-state index contributed by atoms with van der Waals surface area (Å²) in [4.78, 5) is 24.6. The van der Waals surface area contributed by atoms with Crippen LogP contribution in [0.4, 0.5) is 4.39 Å². The van der Waals surface area contributed by atoms with Gasteiger partial charge in [-0.3, -0.25) is 9.59 Å². The third kappa shape index (κ3) is 6.48. The predicted octanol–water partition coefficient (Wildman–Crippen LogP) is 0.408. The molecule has 8 nitrogen and oxygen atoms in total. The number of hydrogen-bond donors (Lipinski definition) is 1. The first-order valence-corrected chi connectivity index (χ1v) is 8.72. The van der Waals surface area contributed by atoms with E-state index in [1.54, 1.807) is 0 Å². The third-order valence-electron chi connectivity index (χ3n) is 3.12. The molecule has 0 aliphatic heterocycles. The average molecular weight is 371 g/mol. The number of halogens is 1. The molecule has 1 rings (SSSR count). The number of hydrogen-bond acceptors (Lipinski definition) is 6. The van der Waals surface area contributed by atoms with Crippen LogP contribution in [-0.2, 0) is 24.3 Å². The lowest BCUT2D eigenvalue weighted by Crippen LogP contribution is -2.40. The maximum absolute atomic E-state index is 12.8. The van der Waals surface area contributed by atoms with E-state index in [0.717, 1.165) is 24.3 Å². The summed E-state index contributed by atoms with van der Waals surface area (Å²) >= 11 is 0. The molecule has 0 aromatic heterocycles. The molecule has 136 valence electrons. The van der Waals surface area contributed by atoms with Gasteiger partial charge in [0, 0.05) is 13.6 Å². The van der Waals surface area contributed by atoms with E-state index in [2.05, 4.69) is 0 Å². The van der Waals surface area contributed by atoms with Crippen LogP contribution >= 0.6 is 0 Å². The van der Waals surface area contributed by atoms with Crippen LogP contribution in [0.1, 0.15) is 13.3 Å². The fourth-order valence-corrected chi connectivity index (χ4v) is 2.75. The zero-order valence-electron chi connectivity index (χ0n) is 13.7. The molecule has 1 aromatic carbocycles. The van der Waals surface area contributed by atoms with Gasteiger partial charge in [0.1, 0.15) is 12.4 Å². The Morgan fingerprint density at radius 1 is 1.36 bits per heavy atom. The van der Waals surface area contributed by atoms with Crippen LogP contribution in [0.5, 0.6) is 0 Å². The topological polar surface area (TPSA) is 117 Å². The lowest BCUT2D eigenvalue weighted by Gasteiger charge is -2.20. The van der Waals surface area contributed by atoms with Crippen molar-refractivity contribution < 1.29 is 27.1 Å². The molecule has 25 heavy (non-hydrogen) atoms. The molecule has 0 spiro atoms. The standard InChI is InChI=1S/C15H18FN3O5S/c1-11(15(21)19(2)9-3-8-17)24-14(20)10-18-25(22,23)13-6-4-12(16)5-7-13/h4-7,11,18H,3,9-10H2,1-2H3/t11-/m1/s1. The molecule has 0 unspecified atom stereocenters. The highest BCUT2D eigenvalue weighted by Gasteiger charge is 2.22. The first-order chi connectivity index (χ1) is 11.7. The number of likely N-dealkylation sites (N-methyl/N-ethyl adjacent to an activating group) is 1. The van der Waals surface area contributed by atoms with Gasteiger partial charge in [-0.1, -0.05) is 0 Å². The van der Waals surface area contributed by atoms with Gasteiger partial charge in [0.2, 0.25) is 10.0 Å². The van der Waals surface area contributed by atoms with Crippen molar-refractivity contribution >= 4 is 21.9 Å². The fraction of sp³-hybridized carbons (Fsp3) is 0.400. The van der Waals surface area contributed by atoms with Crippen molar-refractivity contribution in [3.63, 3.8) is 0 Å². The molecular formula is C15H18FN3O5S. The zero-order valence-corrected chi connectivity index (χ0v) is 14.5. The largest absolute Gasteiger partial charge is 0.452 e. The van der Waals surface area contributed by atoms with Crippen molar-refractivity contribution in [2.75, 3.05) is 20.1 Å². The van der Waals surface area contributed by atoms with Crippen LogP contribution in [0, 0.1) is 17.1 Å². The van der Waals surface area contributed by atoms with Gasteiger partial charge in [-0.25, -0.2) is 12.8 Å². The zero-order chi connectivity index (χ0) is 19.0. The molecule has 0 bridgehead atoms. The Morgan fingerprint density at radius 3 is 2.52 bits per heavy atom. The van der Waals surface area contributed by atoms with E-state index in [1.165, 1.54) is 18.9 Å². The summed E-state index contributed by atoms with van der Waals surface area (Å²) in [6.45, 7) is 0.852. The number of rotatable bonds is 8.